The van der Waals surface area contributed by atoms with Crippen molar-refractivity contribution in [3.63, 3.8) is 0 Å². The van der Waals surface area contributed by atoms with Gasteiger partial charge in [-0.15, -0.1) is 0 Å². The van der Waals surface area contributed by atoms with Gasteiger partial charge in [0.2, 0.25) is 0 Å². The van der Waals surface area contributed by atoms with E-state index in [9.17, 15) is 20.0 Å². The number of carboxylic acids is 1. The Morgan fingerprint density at radius 1 is 1.33 bits per heavy atom. The molecule has 1 aromatic rings. The Bertz CT molecular complexity index is 557. The van der Waals surface area contributed by atoms with Crippen molar-refractivity contribution in [3.8, 4) is 5.75 Å². The van der Waals surface area contributed by atoms with Gasteiger partial charge in [-0.05, 0) is 37.2 Å². The number of aromatic carboxylic acids is 1. The predicted molar refractivity (Wildman–Crippen MR) is 76.7 cm³/mol. The number of nitro groups is 1. The molecule has 3 atom stereocenters. The van der Waals surface area contributed by atoms with Gasteiger partial charge in [0.25, 0.3) is 5.69 Å². The normalized spacial score (nSPS) is 25.3. The molecule has 6 nitrogen and oxygen atoms in total. The molecular formula is C15H19NO5. The molecule has 2 rings (SSSR count). The molecule has 0 spiro atoms. The van der Waals surface area contributed by atoms with Gasteiger partial charge in [0, 0.05) is 6.07 Å². The highest BCUT2D eigenvalue weighted by molar-refractivity contribution is 5.95. The van der Waals surface area contributed by atoms with Crippen molar-refractivity contribution in [2.24, 2.45) is 11.8 Å². The molecule has 114 valence electrons. The zero-order valence-electron chi connectivity index (χ0n) is 12.1. The van der Waals surface area contributed by atoms with Gasteiger partial charge in [0.1, 0.15) is 5.75 Å². The van der Waals surface area contributed by atoms with Gasteiger partial charge in [-0.1, -0.05) is 19.9 Å². The molecule has 1 N–H and O–H groups in total. The summed E-state index contributed by atoms with van der Waals surface area (Å²) < 4.78 is 5.77. The fraction of sp³-hybridized carbons (Fsp3) is 0.533. The number of nitro benzene ring substituents is 1. The van der Waals surface area contributed by atoms with Crippen LogP contribution in [0.5, 0.6) is 5.75 Å². The minimum atomic E-state index is -1.34. The summed E-state index contributed by atoms with van der Waals surface area (Å²) in [5.41, 5.74) is -0.800. The van der Waals surface area contributed by atoms with Crippen LogP contribution in [0.2, 0.25) is 0 Å². The van der Waals surface area contributed by atoms with Crippen LogP contribution in [0.4, 0.5) is 5.69 Å². The molecule has 0 radical (unpaired) electrons. The largest absolute Gasteiger partial charge is 0.489 e. The maximum Gasteiger partial charge on any atom is 0.346 e. The highest BCUT2D eigenvalue weighted by Gasteiger charge is 2.29. The maximum absolute atomic E-state index is 11.3. The molecule has 3 unspecified atom stereocenters. The second kappa shape index (κ2) is 6.11. The van der Waals surface area contributed by atoms with Gasteiger partial charge in [-0.2, -0.15) is 0 Å². The predicted octanol–water partition coefficient (Wildman–Crippen LogP) is 3.50. The van der Waals surface area contributed by atoms with Crippen LogP contribution in [0.25, 0.3) is 0 Å². The minimum Gasteiger partial charge on any atom is -0.489 e. The molecule has 0 aliphatic heterocycles. The number of hydrogen-bond acceptors (Lipinski definition) is 4. The number of ether oxygens (including phenoxy) is 1. The third-order valence-corrected chi connectivity index (χ3v) is 4.26. The Kier molecular flexibility index (Phi) is 4.45. The second-order valence-electron chi connectivity index (χ2n) is 5.72. The Balaban J connectivity index is 2.26. The zero-order valence-corrected chi connectivity index (χ0v) is 12.1. The van der Waals surface area contributed by atoms with Crippen molar-refractivity contribution in [1.29, 1.82) is 0 Å². The Hall–Kier alpha value is -2.11. The number of carbonyl (C=O) groups is 1. The molecule has 1 fully saturated rings. The average Bonchev–Trinajstić information content (AvgIpc) is 2.42. The van der Waals surface area contributed by atoms with Crippen molar-refractivity contribution in [1.82, 2.24) is 0 Å². The van der Waals surface area contributed by atoms with Gasteiger partial charge >= 0.3 is 5.97 Å². The summed E-state index contributed by atoms with van der Waals surface area (Å²) in [6.45, 7) is 4.34. The molecule has 0 heterocycles. The van der Waals surface area contributed by atoms with E-state index in [0.717, 1.165) is 19.3 Å². The molecule has 0 aromatic heterocycles. The van der Waals surface area contributed by atoms with E-state index in [2.05, 4.69) is 13.8 Å². The van der Waals surface area contributed by atoms with Crippen molar-refractivity contribution in [2.75, 3.05) is 0 Å². The summed E-state index contributed by atoms with van der Waals surface area (Å²) in [7, 11) is 0. The lowest BCUT2D eigenvalue weighted by molar-refractivity contribution is -0.385. The number of carboxylic acid groups (broad SMARTS) is 1. The van der Waals surface area contributed by atoms with E-state index >= 15 is 0 Å². The van der Waals surface area contributed by atoms with Gasteiger partial charge in [0.15, 0.2) is 5.56 Å². The summed E-state index contributed by atoms with van der Waals surface area (Å²) in [4.78, 5) is 21.6. The number of hydrogen-bond donors (Lipinski definition) is 1. The first-order valence-electron chi connectivity index (χ1n) is 7.07. The van der Waals surface area contributed by atoms with Crippen molar-refractivity contribution >= 4 is 11.7 Å². The van der Waals surface area contributed by atoms with E-state index < -0.39 is 16.6 Å². The van der Waals surface area contributed by atoms with Crippen LogP contribution in [0.3, 0.4) is 0 Å². The monoisotopic (exact) mass is 293 g/mol. The molecule has 0 amide bonds. The van der Waals surface area contributed by atoms with Crippen molar-refractivity contribution in [2.45, 2.75) is 39.2 Å². The smallest absolute Gasteiger partial charge is 0.346 e. The summed E-state index contributed by atoms with van der Waals surface area (Å²) in [5, 5.41) is 20.2. The summed E-state index contributed by atoms with van der Waals surface area (Å²) in [6.07, 6.45) is 2.61. The van der Waals surface area contributed by atoms with Crippen LogP contribution in [0.1, 0.15) is 43.5 Å². The van der Waals surface area contributed by atoms with Gasteiger partial charge in [-0.3, -0.25) is 10.1 Å². The summed E-state index contributed by atoms with van der Waals surface area (Å²) in [5.74, 6) is -0.136. The molecule has 6 heteroatoms. The fourth-order valence-corrected chi connectivity index (χ4v) is 2.77. The highest BCUT2D eigenvalue weighted by Crippen LogP contribution is 2.34. The highest BCUT2D eigenvalue weighted by atomic mass is 16.6. The first-order valence-corrected chi connectivity index (χ1v) is 7.07. The van der Waals surface area contributed by atoms with E-state index in [-0.39, 0.29) is 17.4 Å². The van der Waals surface area contributed by atoms with Gasteiger partial charge < -0.3 is 9.84 Å². The third-order valence-electron chi connectivity index (χ3n) is 4.26. The topological polar surface area (TPSA) is 89.7 Å². The lowest BCUT2D eigenvalue weighted by atomic mass is 9.80. The zero-order chi connectivity index (χ0) is 15.6. The van der Waals surface area contributed by atoms with E-state index in [1.54, 1.807) is 0 Å². The standard InChI is InChI=1S/C15H19NO5/c1-9-6-7-11(8-10(9)2)21-13-5-3-4-12(16(19)20)14(13)15(17)18/h3-5,9-11H,6-8H2,1-2H3,(H,17,18). The molecule has 1 saturated carbocycles. The fourth-order valence-electron chi connectivity index (χ4n) is 2.77. The van der Waals surface area contributed by atoms with Crippen molar-refractivity contribution < 1.29 is 19.6 Å². The van der Waals surface area contributed by atoms with Gasteiger partial charge in [0.05, 0.1) is 11.0 Å². The van der Waals surface area contributed by atoms with Crippen molar-refractivity contribution in [3.05, 3.63) is 33.9 Å². The molecular weight excluding hydrogens is 274 g/mol. The van der Waals surface area contributed by atoms with Crippen LogP contribution in [-0.2, 0) is 0 Å². The van der Waals surface area contributed by atoms with Crippen LogP contribution in [0, 0.1) is 22.0 Å². The SMILES string of the molecule is CC1CCC(Oc2cccc([N+](=O)[O-])c2C(=O)O)CC1C. The molecule has 0 bridgehead atoms. The molecule has 1 aliphatic carbocycles. The first-order chi connectivity index (χ1) is 9.90. The Labute approximate surface area is 122 Å². The molecule has 21 heavy (non-hydrogen) atoms. The number of nitrogens with zero attached hydrogens (tertiary/aromatic N) is 1. The molecule has 1 aliphatic rings. The number of rotatable bonds is 4. The first kappa shape index (κ1) is 15.3. The lowest BCUT2D eigenvalue weighted by Gasteiger charge is -2.32. The summed E-state index contributed by atoms with van der Waals surface area (Å²) >= 11 is 0. The number of benzene rings is 1. The Morgan fingerprint density at radius 3 is 2.62 bits per heavy atom. The Morgan fingerprint density at radius 2 is 2.05 bits per heavy atom. The van der Waals surface area contributed by atoms with Crippen LogP contribution in [-0.4, -0.2) is 22.1 Å². The molecule has 1 aromatic carbocycles. The minimum absolute atomic E-state index is 0.0865. The van der Waals surface area contributed by atoms with E-state index in [0.29, 0.717) is 11.8 Å². The maximum atomic E-state index is 11.3. The average molecular weight is 293 g/mol. The third kappa shape index (κ3) is 3.32. The summed E-state index contributed by atoms with van der Waals surface area (Å²) in [6, 6.07) is 4.12. The van der Waals surface area contributed by atoms with E-state index in [4.69, 9.17) is 4.74 Å². The molecule has 0 saturated heterocycles. The second-order valence-corrected chi connectivity index (χ2v) is 5.72. The van der Waals surface area contributed by atoms with Crippen LogP contribution >= 0.6 is 0 Å². The van der Waals surface area contributed by atoms with E-state index in [1.807, 2.05) is 0 Å². The van der Waals surface area contributed by atoms with Crippen LogP contribution < -0.4 is 4.74 Å². The van der Waals surface area contributed by atoms with Gasteiger partial charge in [-0.25, -0.2) is 4.79 Å². The van der Waals surface area contributed by atoms with E-state index in [1.165, 1.54) is 18.2 Å². The van der Waals surface area contributed by atoms with Crippen LogP contribution in [0.15, 0.2) is 18.2 Å². The lowest BCUT2D eigenvalue weighted by Crippen LogP contribution is -2.29. The quantitative estimate of drug-likeness (QED) is 0.677.